The molecule has 1 heterocycles. The first kappa shape index (κ1) is 14.9. The van der Waals surface area contributed by atoms with E-state index in [1.165, 1.54) is 52.0 Å². The Kier molecular flexibility index (Phi) is 7.09. The Labute approximate surface area is 108 Å². The molecule has 1 aliphatic heterocycles. The summed E-state index contributed by atoms with van der Waals surface area (Å²) in [6, 6.07) is 1.41. The fourth-order valence-electron chi connectivity index (χ4n) is 2.67. The molecule has 1 aliphatic rings. The number of nitrogens with one attached hydrogen (secondary N) is 1. The summed E-state index contributed by atoms with van der Waals surface area (Å²) < 4.78 is 0. The molecule has 0 aromatic rings. The highest BCUT2D eigenvalue weighted by Crippen LogP contribution is 2.10. The molecule has 0 aromatic carbocycles. The average Bonchev–Trinajstić information content (AvgIpc) is 2.34. The van der Waals surface area contributed by atoms with E-state index in [9.17, 15) is 0 Å². The van der Waals surface area contributed by atoms with E-state index in [1.54, 1.807) is 0 Å². The van der Waals surface area contributed by atoms with Crippen molar-refractivity contribution < 1.29 is 0 Å². The molecule has 0 radical (unpaired) electrons. The van der Waals surface area contributed by atoms with Crippen LogP contribution in [0.25, 0.3) is 0 Å². The number of unbranched alkanes of at least 4 members (excludes halogenated alkanes) is 1. The second kappa shape index (κ2) is 8.06. The van der Waals surface area contributed by atoms with Crippen LogP contribution >= 0.6 is 0 Å². The minimum absolute atomic E-state index is 0.672. The normalized spacial score (nSPS) is 25.1. The lowest BCUT2D eigenvalue weighted by atomic mass is 10.1. The standard InChI is InChI=1S/C14H31N3/c1-5-17-11-10-16(12-14(17)3)9-7-6-8-13(2)15-4/h13-15H,5-12H2,1-4H3. The van der Waals surface area contributed by atoms with Crippen molar-refractivity contribution in [2.45, 2.75) is 52.1 Å². The predicted molar refractivity (Wildman–Crippen MR) is 75.5 cm³/mol. The van der Waals surface area contributed by atoms with Gasteiger partial charge in [-0.1, -0.05) is 13.3 Å². The molecule has 0 amide bonds. The van der Waals surface area contributed by atoms with Crippen LogP contribution in [0, 0.1) is 0 Å². The van der Waals surface area contributed by atoms with Crippen molar-refractivity contribution in [3.8, 4) is 0 Å². The van der Waals surface area contributed by atoms with Gasteiger partial charge in [-0.15, -0.1) is 0 Å². The van der Waals surface area contributed by atoms with Crippen LogP contribution in [0.1, 0.15) is 40.0 Å². The lowest BCUT2D eigenvalue weighted by molar-refractivity contribution is 0.0868. The maximum Gasteiger partial charge on any atom is 0.0195 e. The van der Waals surface area contributed by atoms with Crippen molar-refractivity contribution >= 4 is 0 Å². The summed E-state index contributed by atoms with van der Waals surface area (Å²) in [5, 5.41) is 3.30. The summed E-state index contributed by atoms with van der Waals surface area (Å²) in [6.45, 7) is 13.2. The zero-order chi connectivity index (χ0) is 12.7. The van der Waals surface area contributed by atoms with Crippen molar-refractivity contribution in [1.82, 2.24) is 15.1 Å². The van der Waals surface area contributed by atoms with Gasteiger partial charge in [0.25, 0.3) is 0 Å². The maximum atomic E-state index is 3.30. The smallest absolute Gasteiger partial charge is 0.0195 e. The van der Waals surface area contributed by atoms with Crippen molar-refractivity contribution in [1.29, 1.82) is 0 Å². The van der Waals surface area contributed by atoms with Crippen LogP contribution < -0.4 is 5.32 Å². The van der Waals surface area contributed by atoms with Crippen LogP contribution in [0.3, 0.4) is 0 Å². The van der Waals surface area contributed by atoms with Gasteiger partial charge in [0.1, 0.15) is 0 Å². The topological polar surface area (TPSA) is 18.5 Å². The Morgan fingerprint density at radius 1 is 1.29 bits per heavy atom. The molecular weight excluding hydrogens is 210 g/mol. The summed E-state index contributed by atoms with van der Waals surface area (Å²) in [7, 11) is 2.05. The quantitative estimate of drug-likeness (QED) is 0.686. The summed E-state index contributed by atoms with van der Waals surface area (Å²) in [5.74, 6) is 0. The van der Waals surface area contributed by atoms with E-state index in [-0.39, 0.29) is 0 Å². The number of likely N-dealkylation sites (N-methyl/N-ethyl adjacent to an activating group) is 1. The maximum absolute atomic E-state index is 3.30. The van der Waals surface area contributed by atoms with Gasteiger partial charge >= 0.3 is 0 Å². The summed E-state index contributed by atoms with van der Waals surface area (Å²) in [4.78, 5) is 5.22. The van der Waals surface area contributed by atoms with E-state index in [4.69, 9.17) is 0 Å². The fraction of sp³-hybridized carbons (Fsp3) is 1.00. The van der Waals surface area contributed by atoms with E-state index >= 15 is 0 Å². The Hall–Kier alpha value is -0.120. The third-order valence-electron chi connectivity index (χ3n) is 4.11. The van der Waals surface area contributed by atoms with Crippen molar-refractivity contribution in [2.75, 3.05) is 39.8 Å². The second-order valence-electron chi connectivity index (χ2n) is 5.46. The van der Waals surface area contributed by atoms with Gasteiger partial charge < -0.3 is 10.2 Å². The second-order valence-corrected chi connectivity index (χ2v) is 5.46. The molecule has 0 aliphatic carbocycles. The SMILES string of the molecule is CCN1CCN(CCCCC(C)NC)CC1C. The van der Waals surface area contributed by atoms with Crippen LogP contribution in [0.2, 0.25) is 0 Å². The number of nitrogens with zero attached hydrogens (tertiary/aromatic N) is 2. The molecule has 2 atom stereocenters. The zero-order valence-electron chi connectivity index (χ0n) is 12.2. The molecule has 1 N–H and O–H groups in total. The molecule has 1 saturated heterocycles. The van der Waals surface area contributed by atoms with Gasteiger partial charge in [-0.2, -0.15) is 0 Å². The number of hydrogen-bond acceptors (Lipinski definition) is 3. The highest BCUT2D eigenvalue weighted by molar-refractivity contribution is 4.78. The highest BCUT2D eigenvalue weighted by Gasteiger charge is 2.21. The van der Waals surface area contributed by atoms with Crippen molar-refractivity contribution in [2.24, 2.45) is 0 Å². The average molecular weight is 241 g/mol. The Morgan fingerprint density at radius 2 is 2.06 bits per heavy atom. The molecular formula is C14H31N3. The first-order valence-corrected chi connectivity index (χ1v) is 7.31. The first-order valence-electron chi connectivity index (χ1n) is 7.31. The molecule has 0 aromatic heterocycles. The van der Waals surface area contributed by atoms with Gasteiger partial charge in [-0.3, -0.25) is 4.90 Å². The molecule has 3 heteroatoms. The largest absolute Gasteiger partial charge is 0.317 e. The van der Waals surface area contributed by atoms with Gasteiger partial charge in [0.2, 0.25) is 0 Å². The van der Waals surface area contributed by atoms with Crippen LogP contribution in [-0.2, 0) is 0 Å². The van der Waals surface area contributed by atoms with Crippen LogP contribution in [0.5, 0.6) is 0 Å². The summed E-state index contributed by atoms with van der Waals surface area (Å²) >= 11 is 0. The Bertz CT molecular complexity index is 196. The minimum Gasteiger partial charge on any atom is -0.317 e. The lowest BCUT2D eigenvalue weighted by Crippen LogP contribution is -2.51. The van der Waals surface area contributed by atoms with Crippen LogP contribution in [0.15, 0.2) is 0 Å². The molecule has 0 saturated carbocycles. The Morgan fingerprint density at radius 3 is 2.65 bits per heavy atom. The molecule has 2 unspecified atom stereocenters. The molecule has 1 rings (SSSR count). The molecule has 1 fully saturated rings. The predicted octanol–water partition coefficient (Wildman–Crippen LogP) is 1.79. The molecule has 0 bridgehead atoms. The van der Waals surface area contributed by atoms with E-state index < -0.39 is 0 Å². The number of hydrogen-bond donors (Lipinski definition) is 1. The summed E-state index contributed by atoms with van der Waals surface area (Å²) in [5.41, 5.74) is 0. The minimum atomic E-state index is 0.672. The van der Waals surface area contributed by atoms with Crippen LogP contribution in [-0.4, -0.2) is 61.7 Å². The third kappa shape index (κ3) is 5.36. The van der Waals surface area contributed by atoms with Crippen LogP contribution in [0.4, 0.5) is 0 Å². The zero-order valence-corrected chi connectivity index (χ0v) is 12.2. The molecule has 17 heavy (non-hydrogen) atoms. The van der Waals surface area contributed by atoms with E-state index in [0.717, 1.165) is 6.04 Å². The highest BCUT2D eigenvalue weighted by atomic mass is 15.3. The van der Waals surface area contributed by atoms with Crippen molar-refractivity contribution in [3.63, 3.8) is 0 Å². The van der Waals surface area contributed by atoms with Gasteiger partial charge in [0.15, 0.2) is 0 Å². The van der Waals surface area contributed by atoms with Gasteiger partial charge in [0.05, 0.1) is 0 Å². The number of piperazine rings is 1. The van der Waals surface area contributed by atoms with E-state index in [2.05, 4.69) is 42.9 Å². The number of rotatable bonds is 7. The van der Waals surface area contributed by atoms with Gasteiger partial charge in [-0.25, -0.2) is 0 Å². The van der Waals surface area contributed by atoms with E-state index in [1.807, 2.05) is 0 Å². The summed E-state index contributed by atoms with van der Waals surface area (Å²) in [6.07, 6.45) is 4.01. The Balaban J connectivity index is 2.09. The lowest BCUT2D eigenvalue weighted by Gasteiger charge is -2.39. The fourth-order valence-corrected chi connectivity index (χ4v) is 2.67. The molecule has 3 nitrogen and oxygen atoms in total. The monoisotopic (exact) mass is 241 g/mol. The molecule has 102 valence electrons. The first-order chi connectivity index (χ1) is 8.17. The molecule has 0 spiro atoms. The van der Waals surface area contributed by atoms with Gasteiger partial charge in [0, 0.05) is 31.7 Å². The van der Waals surface area contributed by atoms with Crippen molar-refractivity contribution in [3.05, 3.63) is 0 Å². The third-order valence-corrected chi connectivity index (χ3v) is 4.11. The van der Waals surface area contributed by atoms with Gasteiger partial charge in [-0.05, 0) is 46.8 Å². The van der Waals surface area contributed by atoms with E-state index in [0.29, 0.717) is 6.04 Å².